The van der Waals surface area contributed by atoms with E-state index in [-0.39, 0.29) is 0 Å². The molecule has 4 heteroatoms. The zero-order chi connectivity index (χ0) is 17.1. The van der Waals surface area contributed by atoms with Crippen LogP contribution in [0.2, 0.25) is 0 Å². The lowest BCUT2D eigenvalue weighted by Gasteiger charge is -2.04. The summed E-state index contributed by atoms with van der Waals surface area (Å²) in [6.07, 6.45) is 11.2. The first-order valence-corrected chi connectivity index (χ1v) is 8.71. The molecule has 0 spiro atoms. The van der Waals surface area contributed by atoms with Crippen LogP contribution in [-0.2, 0) is 25.7 Å². The van der Waals surface area contributed by atoms with Gasteiger partial charge in [-0.05, 0) is 48.6 Å². The Bertz CT molecular complexity index is 899. The third-order valence-electron chi connectivity index (χ3n) is 4.55. The van der Waals surface area contributed by atoms with Gasteiger partial charge in [0.15, 0.2) is 0 Å². The largest absolute Gasteiger partial charge is 0.264 e. The molecule has 0 N–H and O–H groups in total. The van der Waals surface area contributed by atoms with Crippen LogP contribution in [-0.4, -0.2) is 20.7 Å². The number of pyridine rings is 3. The van der Waals surface area contributed by atoms with Crippen LogP contribution in [0.3, 0.4) is 0 Å². The predicted octanol–water partition coefficient (Wildman–Crippen LogP) is 3.90. The SMILES string of the molecule is CCc1ccc(CCc2cnc3c(c2)N=C(c2cccnc2)C3)nc1. The highest BCUT2D eigenvalue weighted by molar-refractivity contribution is 6.05. The molecular weight excluding hydrogens is 308 g/mol. The second-order valence-electron chi connectivity index (χ2n) is 6.30. The van der Waals surface area contributed by atoms with Crippen molar-refractivity contribution in [2.45, 2.75) is 32.6 Å². The lowest BCUT2D eigenvalue weighted by Crippen LogP contribution is -2.01. The first-order valence-electron chi connectivity index (χ1n) is 8.71. The number of rotatable bonds is 5. The molecule has 124 valence electrons. The maximum Gasteiger partial charge on any atom is 0.0855 e. The highest BCUT2D eigenvalue weighted by atomic mass is 14.9. The predicted molar refractivity (Wildman–Crippen MR) is 99.4 cm³/mol. The third-order valence-corrected chi connectivity index (χ3v) is 4.55. The van der Waals surface area contributed by atoms with Crippen LogP contribution < -0.4 is 0 Å². The maximum absolute atomic E-state index is 4.76. The molecule has 3 aromatic heterocycles. The molecule has 0 amide bonds. The molecule has 1 aliphatic rings. The van der Waals surface area contributed by atoms with E-state index in [4.69, 9.17) is 4.99 Å². The van der Waals surface area contributed by atoms with E-state index in [2.05, 4.69) is 40.1 Å². The molecule has 0 unspecified atom stereocenters. The van der Waals surface area contributed by atoms with Gasteiger partial charge in [-0.25, -0.2) is 0 Å². The lowest BCUT2D eigenvalue weighted by molar-refractivity contribution is 0.898. The molecule has 0 radical (unpaired) electrons. The summed E-state index contributed by atoms with van der Waals surface area (Å²) in [5.41, 5.74) is 7.76. The molecule has 0 aromatic carbocycles. The Morgan fingerprint density at radius 3 is 2.64 bits per heavy atom. The Labute approximate surface area is 147 Å². The Morgan fingerprint density at radius 2 is 1.88 bits per heavy atom. The zero-order valence-electron chi connectivity index (χ0n) is 14.3. The van der Waals surface area contributed by atoms with Crippen molar-refractivity contribution in [3.8, 4) is 0 Å². The van der Waals surface area contributed by atoms with Crippen molar-refractivity contribution in [1.29, 1.82) is 0 Å². The summed E-state index contributed by atoms with van der Waals surface area (Å²) in [7, 11) is 0. The summed E-state index contributed by atoms with van der Waals surface area (Å²) in [5, 5.41) is 0. The minimum atomic E-state index is 0.779. The number of aromatic nitrogens is 3. The summed E-state index contributed by atoms with van der Waals surface area (Å²) >= 11 is 0. The topological polar surface area (TPSA) is 51.0 Å². The van der Waals surface area contributed by atoms with Gasteiger partial charge in [-0.1, -0.05) is 19.1 Å². The van der Waals surface area contributed by atoms with Gasteiger partial charge in [0, 0.05) is 42.5 Å². The summed E-state index contributed by atoms with van der Waals surface area (Å²) in [4.78, 5) is 18.1. The average Bonchev–Trinajstić information content (AvgIpc) is 3.11. The lowest BCUT2D eigenvalue weighted by atomic mass is 10.1. The van der Waals surface area contributed by atoms with Crippen LogP contribution in [0, 0.1) is 0 Å². The van der Waals surface area contributed by atoms with Crippen LogP contribution in [0.15, 0.2) is 60.1 Å². The van der Waals surface area contributed by atoms with Crippen molar-refractivity contribution < 1.29 is 0 Å². The molecule has 0 saturated heterocycles. The van der Waals surface area contributed by atoms with E-state index in [9.17, 15) is 0 Å². The normalized spacial score (nSPS) is 12.8. The van der Waals surface area contributed by atoms with Crippen molar-refractivity contribution in [2.75, 3.05) is 0 Å². The van der Waals surface area contributed by atoms with Gasteiger partial charge in [-0.2, -0.15) is 0 Å². The second-order valence-corrected chi connectivity index (χ2v) is 6.30. The fourth-order valence-corrected chi connectivity index (χ4v) is 3.02. The van der Waals surface area contributed by atoms with E-state index in [1.807, 2.05) is 30.7 Å². The summed E-state index contributed by atoms with van der Waals surface area (Å²) in [5.74, 6) is 0. The number of fused-ring (bicyclic) bond motifs is 1. The van der Waals surface area contributed by atoms with E-state index in [0.717, 1.165) is 54.0 Å². The van der Waals surface area contributed by atoms with Crippen LogP contribution in [0.25, 0.3) is 0 Å². The minimum Gasteiger partial charge on any atom is -0.264 e. The van der Waals surface area contributed by atoms with E-state index in [1.165, 1.54) is 11.1 Å². The maximum atomic E-state index is 4.76. The van der Waals surface area contributed by atoms with Crippen LogP contribution in [0.4, 0.5) is 5.69 Å². The van der Waals surface area contributed by atoms with Crippen LogP contribution in [0.1, 0.15) is 35.0 Å². The van der Waals surface area contributed by atoms with Crippen LogP contribution in [0.5, 0.6) is 0 Å². The first-order chi connectivity index (χ1) is 12.3. The molecule has 0 bridgehead atoms. The Hall–Kier alpha value is -2.88. The third kappa shape index (κ3) is 3.48. The van der Waals surface area contributed by atoms with Crippen molar-refractivity contribution in [2.24, 2.45) is 4.99 Å². The Kier molecular flexibility index (Phi) is 4.34. The molecule has 0 fully saturated rings. The standard InChI is InChI=1S/C21H20N4/c1-2-15-5-7-18(23-12-15)8-6-16-10-21-20(24-13-16)11-19(25-21)17-4-3-9-22-14-17/h3-5,7,9-10,12-14H,2,6,8,11H2,1H3. The number of hydrogen-bond acceptors (Lipinski definition) is 4. The average molecular weight is 328 g/mol. The number of aryl methyl sites for hydroxylation is 3. The number of nitrogens with zero attached hydrogens (tertiary/aromatic N) is 4. The molecule has 3 aromatic rings. The molecule has 4 rings (SSSR count). The van der Waals surface area contributed by atoms with Gasteiger partial charge in [0.2, 0.25) is 0 Å². The van der Waals surface area contributed by atoms with E-state index in [0.29, 0.717) is 0 Å². The molecule has 0 aliphatic carbocycles. The van der Waals surface area contributed by atoms with E-state index in [1.54, 1.807) is 6.20 Å². The summed E-state index contributed by atoms with van der Waals surface area (Å²) in [6.45, 7) is 2.15. The van der Waals surface area contributed by atoms with E-state index < -0.39 is 0 Å². The highest BCUT2D eigenvalue weighted by Gasteiger charge is 2.17. The zero-order valence-corrected chi connectivity index (χ0v) is 14.3. The summed E-state index contributed by atoms with van der Waals surface area (Å²) < 4.78 is 0. The molecule has 4 heterocycles. The van der Waals surface area contributed by atoms with Crippen molar-refractivity contribution in [3.63, 3.8) is 0 Å². The second kappa shape index (κ2) is 6.93. The Balaban J connectivity index is 1.47. The van der Waals surface area contributed by atoms with Gasteiger partial charge in [0.1, 0.15) is 0 Å². The van der Waals surface area contributed by atoms with E-state index >= 15 is 0 Å². The molecule has 1 aliphatic heterocycles. The Morgan fingerprint density at radius 1 is 0.960 bits per heavy atom. The monoisotopic (exact) mass is 328 g/mol. The number of aliphatic imine (C=N–C) groups is 1. The first kappa shape index (κ1) is 15.6. The van der Waals surface area contributed by atoms with Crippen molar-refractivity contribution in [1.82, 2.24) is 15.0 Å². The van der Waals surface area contributed by atoms with Crippen LogP contribution >= 0.6 is 0 Å². The van der Waals surface area contributed by atoms with Gasteiger partial charge in [-0.15, -0.1) is 0 Å². The van der Waals surface area contributed by atoms with Crippen molar-refractivity contribution in [3.05, 3.63) is 83.2 Å². The minimum absolute atomic E-state index is 0.779. The molecule has 25 heavy (non-hydrogen) atoms. The van der Waals surface area contributed by atoms with Crippen molar-refractivity contribution >= 4 is 11.4 Å². The van der Waals surface area contributed by atoms with Gasteiger partial charge in [-0.3, -0.25) is 19.9 Å². The molecule has 4 nitrogen and oxygen atoms in total. The molecule has 0 atom stereocenters. The van der Waals surface area contributed by atoms with Gasteiger partial charge >= 0.3 is 0 Å². The fourth-order valence-electron chi connectivity index (χ4n) is 3.02. The fraction of sp³-hybridized carbons (Fsp3) is 0.238. The van der Waals surface area contributed by atoms with Gasteiger partial charge in [0.25, 0.3) is 0 Å². The summed E-state index contributed by atoms with van der Waals surface area (Å²) in [6, 6.07) is 10.4. The highest BCUT2D eigenvalue weighted by Crippen LogP contribution is 2.28. The molecular formula is C21H20N4. The smallest absolute Gasteiger partial charge is 0.0855 e. The molecule has 0 saturated carbocycles. The van der Waals surface area contributed by atoms with Gasteiger partial charge in [0.05, 0.1) is 17.1 Å². The van der Waals surface area contributed by atoms with Gasteiger partial charge < -0.3 is 0 Å². The quantitative estimate of drug-likeness (QED) is 0.714. The number of hydrogen-bond donors (Lipinski definition) is 0.